The van der Waals surface area contributed by atoms with Crippen LogP contribution in [0, 0.1) is 5.92 Å². The number of carboxylic acids is 2. The van der Waals surface area contributed by atoms with Crippen LogP contribution in [0.2, 0.25) is 0 Å². The number of benzene rings is 1. The van der Waals surface area contributed by atoms with Crippen molar-refractivity contribution in [3.8, 4) is 5.75 Å². The second-order valence-electron chi connectivity index (χ2n) is 7.51. The van der Waals surface area contributed by atoms with E-state index < -0.39 is 24.0 Å². The molecule has 9 nitrogen and oxygen atoms in total. The van der Waals surface area contributed by atoms with E-state index in [2.05, 4.69) is 15.6 Å². The van der Waals surface area contributed by atoms with Gasteiger partial charge in [-0.1, -0.05) is 19.9 Å². The molecule has 31 heavy (non-hydrogen) atoms. The van der Waals surface area contributed by atoms with Crippen molar-refractivity contribution in [2.24, 2.45) is 5.92 Å². The molecule has 0 aliphatic rings. The number of carbonyl (C=O) groups is 3. The van der Waals surface area contributed by atoms with Gasteiger partial charge in [-0.3, -0.25) is 24.7 Å². The topological polar surface area (TPSA) is 138 Å². The molecule has 1 heterocycles. The van der Waals surface area contributed by atoms with Crippen molar-refractivity contribution in [2.45, 2.75) is 38.8 Å². The average Bonchev–Trinajstić information content (AvgIpc) is 2.73. The van der Waals surface area contributed by atoms with Crippen molar-refractivity contribution < 1.29 is 29.3 Å². The van der Waals surface area contributed by atoms with Gasteiger partial charge in [-0.2, -0.15) is 0 Å². The number of anilines is 1. The summed E-state index contributed by atoms with van der Waals surface area (Å²) >= 11 is 0. The van der Waals surface area contributed by atoms with Crippen LogP contribution in [0.3, 0.4) is 0 Å². The molecule has 2 aromatic rings. The van der Waals surface area contributed by atoms with Crippen molar-refractivity contribution in [1.82, 2.24) is 10.3 Å². The third kappa shape index (κ3) is 7.38. The van der Waals surface area contributed by atoms with Crippen LogP contribution < -0.4 is 15.4 Å². The molecule has 0 aliphatic carbocycles. The fourth-order valence-electron chi connectivity index (χ4n) is 2.97. The summed E-state index contributed by atoms with van der Waals surface area (Å²) in [5.41, 5.74) is 1.32. The lowest BCUT2D eigenvalue weighted by molar-refractivity contribution is -0.142. The molecule has 0 fully saturated rings. The number of nitrogens with zero attached hydrogens (tertiary/aromatic N) is 1. The van der Waals surface area contributed by atoms with E-state index in [4.69, 9.17) is 4.74 Å². The molecule has 166 valence electrons. The van der Waals surface area contributed by atoms with Crippen LogP contribution in [0.25, 0.3) is 0 Å². The molecule has 9 heteroatoms. The van der Waals surface area contributed by atoms with Gasteiger partial charge in [0.2, 0.25) is 0 Å². The summed E-state index contributed by atoms with van der Waals surface area (Å²) in [6, 6.07) is 7.83. The number of aromatic nitrogens is 1. The number of aliphatic carboxylic acids is 2. The molecule has 1 amide bonds. The number of pyridine rings is 1. The predicted molar refractivity (Wildman–Crippen MR) is 114 cm³/mol. The molecule has 2 atom stereocenters. The monoisotopic (exact) mass is 429 g/mol. The molecule has 4 N–H and O–H groups in total. The van der Waals surface area contributed by atoms with E-state index in [-0.39, 0.29) is 18.2 Å². The number of nitrogens with one attached hydrogen (secondary N) is 2. The maximum absolute atomic E-state index is 12.4. The van der Waals surface area contributed by atoms with Crippen LogP contribution in [0.1, 0.15) is 36.3 Å². The lowest BCUT2D eigenvalue weighted by Crippen LogP contribution is -2.48. The van der Waals surface area contributed by atoms with Gasteiger partial charge in [0.1, 0.15) is 17.8 Å². The molecule has 2 rings (SSSR count). The maximum Gasteiger partial charge on any atom is 0.321 e. The van der Waals surface area contributed by atoms with E-state index in [9.17, 15) is 24.6 Å². The Balaban J connectivity index is 2.04. The maximum atomic E-state index is 12.4. The summed E-state index contributed by atoms with van der Waals surface area (Å²) in [7, 11) is 1.51. The van der Waals surface area contributed by atoms with Gasteiger partial charge in [0, 0.05) is 17.7 Å². The minimum atomic E-state index is -1.16. The van der Waals surface area contributed by atoms with Crippen molar-refractivity contribution >= 4 is 23.5 Å². The van der Waals surface area contributed by atoms with Gasteiger partial charge in [0.25, 0.3) is 5.91 Å². The zero-order chi connectivity index (χ0) is 23.0. The van der Waals surface area contributed by atoms with Crippen LogP contribution in [0.4, 0.5) is 5.69 Å². The first-order valence-corrected chi connectivity index (χ1v) is 9.81. The molecule has 1 aromatic heterocycles. The average molecular weight is 429 g/mol. The van der Waals surface area contributed by atoms with Crippen molar-refractivity contribution in [1.29, 1.82) is 0 Å². The van der Waals surface area contributed by atoms with E-state index in [1.807, 2.05) is 13.8 Å². The minimum Gasteiger partial charge on any atom is -0.497 e. The number of carboxylic acid groups (broad SMARTS) is 2. The van der Waals surface area contributed by atoms with Gasteiger partial charge in [0.15, 0.2) is 0 Å². The van der Waals surface area contributed by atoms with Crippen LogP contribution >= 0.6 is 0 Å². The third-order valence-corrected chi connectivity index (χ3v) is 4.53. The number of hydrogen-bond acceptors (Lipinski definition) is 6. The molecule has 2 unspecified atom stereocenters. The first-order chi connectivity index (χ1) is 14.7. The zero-order valence-corrected chi connectivity index (χ0v) is 17.7. The van der Waals surface area contributed by atoms with Gasteiger partial charge >= 0.3 is 11.9 Å². The number of hydrogen-bond donors (Lipinski definition) is 4. The van der Waals surface area contributed by atoms with Gasteiger partial charge < -0.3 is 20.3 Å². The number of amides is 1. The Bertz CT molecular complexity index is 914. The van der Waals surface area contributed by atoms with Gasteiger partial charge in [-0.15, -0.1) is 0 Å². The van der Waals surface area contributed by atoms with E-state index in [1.54, 1.807) is 36.4 Å². The van der Waals surface area contributed by atoms with Crippen LogP contribution in [-0.4, -0.2) is 52.2 Å². The number of ether oxygens (including phenoxy) is 1. The second-order valence-corrected chi connectivity index (χ2v) is 7.51. The molecule has 1 aromatic carbocycles. The molecule has 0 aliphatic heterocycles. The first kappa shape index (κ1) is 23.8. The standard InChI is InChI=1S/C22H27N3O6/c1-13(2)9-18(21(27)28)25-19(22(29)30)11-15-7-8-16(12-23-15)24-20(26)14-5-4-6-17(10-14)31-3/h4-8,10,12-13,18-19,25H,9,11H2,1-3H3,(H,24,26)(H,27,28)(H,29,30). The Kier molecular flexibility index (Phi) is 8.51. The Morgan fingerprint density at radius 2 is 1.77 bits per heavy atom. The molecule has 0 radical (unpaired) electrons. The van der Waals surface area contributed by atoms with Crippen molar-refractivity contribution in [3.63, 3.8) is 0 Å². The van der Waals surface area contributed by atoms with E-state index in [0.29, 0.717) is 29.1 Å². The fraction of sp³-hybridized carbons (Fsp3) is 0.364. The summed E-state index contributed by atoms with van der Waals surface area (Å²) in [5.74, 6) is -1.94. The zero-order valence-electron chi connectivity index (χ0n) is 17.7. The lowest BCUT2D eigenvalue weighted by Gasteiger charge is -2.21. The first-order valence-electron chi connectivity index (χ1n) is 9.81. The Morgan fingerprint density at radius 1 is 1.06 bits per heavy atom. The molecule has 0 saturated carbocycles. The summed E-state index contributed by atoms with van der Waals surface area (Å²) in [6.07, 6.45) is 1.73. The van der Waals surface area contributed by atoms with Crippen LogP contribution in [0.15, 0.2) is 42.6 Å². The highest BCUT2D eigenvalue weighted by Gasteiger charge is 2.27. The minimum absolute atomic E-state index is 0.00131. The number of rotatable bonds is 11. The molecular weight excluding hydrogens is 402 g/mol. The normalized spacial score (nSPS) is 12.8. The highest BCUT2D eigenvalue weighted by Crippen LogP contribution is 2.15. The summed E-state index contributed by atoms with van der Waals surface area (Å²) in [4.78, 5) is 39.6. The second kappa shape index (κ2) is 11.1. The molecule has 0 bridgehead atoms. The number of methoxy groups -OCH3 is 1. The lowest BCUT2D eigenvalue weighted by atomic mass is 10.0. The van der Waals surface area contributed by atoms with Crippen LogP contribution in [-0.2, 0) is 16.0 Å². The smallest absolute Gasteiger partial charge is 0.321 e. The van der Waals surface area contributed by atoms with E-state index in [1.165, 1.54) is 13.3 Å². The Labute approximate surface area is 180 Å². The van der Waals surface area contributed by atoms with Gasteiger partial charge in [-0.25, -0.2) is 0 Å². The van der Waals surface area contributed by atoms with E-state index >= 15 is 0 Å². The SMILES string of the molecule is COc1cccc(C(=O)Nc2ccc(CC(NC(CC(C)C)C(=O)O)C(=O)O)nc2)c1. The largest absolute Gasteiger partial charge is 0.497 e. The Morgan fingerprint density at radius 3 is 2.32 bits per heavy atom. The summed E-state index contributed by atoms with van der Waals surface area (Å²) in [5, 5.41) is 24.2. The predicted octanol–water partition coefficient (Wildman–Crippen LogP) is 2.43. The molecule has 0 saturated heterocycles. The third-order valence-electron chi connectivity index (χ3n) is 4.53. The van der Waals surface area contributed by atoms with Crippen LogP contribution in [0.5, 0.6) is 5.75 Å². The molecular formula is C22H27N3O6. The molecule has 0 spiro atoms. The summed E-state index contributed by atoms with van der Waals surface area (Å²) in [6.45, 7) is 3.74. The Hall–Kier alpha value is -3.46. The van der Waals surface area contributed by atoms with Crippen molar-refractivity contribution in [3.05, 3.63) is 53.9 Å². The van der Waals surface area contributed by atoms with Gasteiger partial charge in [-0.05, 0) is 42.7 Å². The fourth-order valence-corrected chi connectivity index (χ4v) is 2.97. The highest BCUT2D eigenvalue weighted by atomic mass is 16.5. The van der Waals surface area contributed by atoms with E-state index in [0.717, 1.165) is 0 Å². The van der Waals surface area contributed by atoms with Crippen molar-refractivity contribution in [2.75, 3.05) is 12.4 Å². The quantitative estimate of drug-likeness (QED) is 0.427. The van der Waals surface area contributed by atoms with Gasteiger partial charge in [0.05, 0.1) is 19.0 Å². The summed E-state index contributed by atoms with van der Waals surface area (Å²) < 4.78 is 5.11. The highest BCUT2D eigenvalue weighted by molar-refractivity contribution is 6.04. The number of carbonyl (C=O) groups excluding carboxylic acids is 1.